The summed E-state index contributed by atoms with van der Waals surface area (Å²) in [7, 11) is 0. The monoisotopic (exact) mass is 209 g/mol. The highest BCUT2D eigenvalue weighted by Crippen LogP contribution is 2.14. The number of halogens is 1. The fourth-order valence-corrected chi connectivity index (χ4v) is 1.23. The average molecular weight is 210 g/mol. The molecule has 1 aromatic rings. The predicted molar refractivity (Wildman–Crippen MR) is 52.8 cm³/mol. The highest BCUT2D eigenvalue weighted by atomic mass is 35.5. The van der Waals surface area contributed by atoms with Gasteiger partial charge in [0.05, 0.1) is 0 Å². The van der Waals surface area contributed by atoms with Crippen LogP contribution in [0.15, 0.2) is 11.2 Å². The fraction of sp³-hybridized carbons (Fsp3) is 0.500. The summed E-state index contributed by atoms with van der Waals surface area (Å²) in [6.07, 6.45) is -4.29. The SMILES string of the molecule is [2H]C([2H])([2H])C([2H])([2H])C([2H])([2H])c1cc(Cl)nc(SC)n1. The predicted octanol–water partition coefficient (Wildman–Crippen LogP) is 2.80. The quantitative estimate of drug-likeness (QED) is 0.435. The van der Waals surface area contributed by atoms with E-state index in [1.807, 2.05) is 0 Å². The van der Waals surface area contributed by atoms with E-state index in [0.29, 0.717) is 0 Å². The molecule has 12 heavy (non-hydrogen) atoms. The number of aromatic nitrogens is 2. The molecule has 0 bridgehead atoms. The van der Waals surface area contributed by atoms with Gasteiger partial charge in [0.1, 0.15) is 5.15 Å². The van der Waals surface area contributed by atoms with Crippen LogP contribution in [-0.2, 0) is 6.37 Å². The van der Waals surface area contributed by atoms with Gasteiger partial charge < -0.3 is 0 Å². The van der Waals surface area contributed by atoms with E-state index in [-0.39, 0.29) is 10.3 Å². The minimum atomic E-state index is -3.13. The molecular weight excluding hydrogens is 192 g/mol. The summed E-state index contributed by atoms with van der Waals surface area (Å²) in [5.41, 5.74) is -0.391. The van der Waals surface area contributed by atoms with Crippen LogP contribution >= 0.6 is 23.4 Å². The Morgan fingerprint density at radius 1 is 1.75 bits per heavy atom. The molecule has 2 nitrogen and oxygen atoms in total. The third-order valence-corrected chi connectivity index (χ3v) is 1.79. The van der Waals surface area contributed by atoms with Gasteiger partial charge in [0.25, 0.3) is 0 Å². The van der Waals surface area contributed by atoms with E-state index in [4.69, 9.17) is 21.2 Å². The third kappa shape index (κ3) is 2.64. The third-order valence-electron chi connectivity index (χ3n) is 1.05. The summed E-state index contributed by atoms with van der Waals surface area (Å²) in [5.74, 6) is 0. The minimum Gasteiger partial charge on any atom is -0.228 e. The molecule has 0 aliphatic carbocycles. The maximum Gasteiger partial charge on any atom is 0.188 e. The number of aryl methyl sites for hydroxylation is 1. The van der Waals surface area contributed by atoms with E-state index >= 15 is 0 Å². The fourth-order valence-electron chi connectivity index (χ4n) is 0.616. The van der Waals surface area contributed by atoms with Crippen LogP contribution in [-0.4, -0.2) is 16.2 Å². The maximum atomic E-state index is 7.77. The molecule has 0 amide bonds. The number of thioether (sulfide) groups is 1. The molecule has 0 aliphatic rings. The van der Waals surface area contributed by atoms with Gasteiger partial charge in [-0.2, -0.15) is 0 Å². The largest absolute Gasteiger partial charge is 0.228 e. The summed E-state index contributed by atoms with van der Waals surface area (Å²) in [5, 5.41) is 0.0762. The highest BCUT2D eigenvalue weighted by molar-refractivity contribution is 7.98. The molecule has 1 heterocycles. The van der Waals surface area contributed by atoms with Crippen LogP contribution < -0.4 is 0 Å². The Morgan fingerprint density at radius 3 is 3.25 bits per heavy atom. The molecule has 0 radical (unpaired) electrons. The Labute approximate surface area is 91.6 Å². The van der Waals surface area contributed by atoms with Crippen molar-refractivity contribution >= 4 is 23.4 Å². The second-order valence-corrected chi connectivity index (χ2v) is 2.97. The van der Waals surface area contributed by atoms with Crippen LogP contribution in [0.25, 0.3) is 0 Å². The van der Waals surface area contributed by atoms with Crippen molar-refractivity contribution in [1.82, 2.24) is 9.97 Å². The second-order valence-electron chi connectivity index (χ2n) is 1.81. The first kappa shape index (κ1) is 3.84. The molecule has 0 spiro atoms. The molecular formula is C8H11ClN2S. The van der Waals surface area contributed by atoms with Crippen molar-refractivity contribution in [1.29, 1.82) is 0 Å². The maximum absolute atomic E-state index is 7.77. The van der Waals surface area contributed by atoms with Crippen LogP contribution in [0.5, 0.6) is 0 Å². The minimum absolute atomic E-state index is 0.0698. The van der Waals surface area contributed by atoms with E-state index in [1.165, 1.54) is 0 Å². The van der Waals surface area contributed by atoms with Crippen molar-refractivity contribution in [2.24, 2.45) is 0 Å². The summed E-state index contributed by atoms with van der Waals surface area (Å²) >= 11 is 6.80. The first-order valence-corrected chi connectivity index (χ1v) is 4.63. The number of nitrogens with zero attached hydrogens (tertiary/aromatic N) is 2. The lowest BCUT2D eigenvalue weighted by molar-refractivity contribution is 0.828. The van der Waals surface area contributed by atoms with Gasteiger partial charge in [-0.3, -0.25) is 0 Å². The molecule has 0 aromatic carbocycles. The van der Waals surface area contributed by atoms with Gasteiger partial charge in [0.2, 0.25) is 0 Å². The van der Waals surface area contributed by atoms with Crippen molar-refractivity contribution in [3.63, 3.8) is 0 Å². The molecule has 66 valence electrons. The number of hydrogen-bond donors (Lipinski definition) is 0. The van der Waals surface area contributed by atoms with Crippen LogP contribution in [0.1, 0.15) is 28.5 Å². The Kier molecular flexibility index (Phi) is 1.50. The van der Waals surface area contributed by atoms with Gasteiger partial charge in [-0.1, -0.05) is 36.6 Å². The number of rotatable bonds is 3. The summed E-state index contributed by atoms with van der Waals surface area (Å²) in [4.78, 5) is 7.60. The Bertz CT molecular complexity index is 477. The van der Waals surface area contributed by atoms with Crippen LogP contribution in [0.2, 0.25) is 5.15 Å². The molecule has 0 N–H and O–H groups in total. The van der Waals surface area contributed by atoms with E-state index in [1.54, 1.807) is 6.26 Å². The van der Waals surface area contributed by atoms with Gasteiger partial charge in [-0.15, -0.1) is 0 Å². The van der Waals surface area contributed by atoms with Gasteiger partial charge in [-0.25, -0.2) is 9.97 Å². The zero-order valence-corrected chi connectivity index (χ0v) is 7.83. The lowest BCUT2D eigenvalue weighted by Crippen LogP contribution is -1.93. The molecule has 0 fully saturated rings. The molecule has 0 saturated carbocycles. The lowest BCUT2D eigenvalue weighted by atomic mass is 10.2. The zero-order chi connectivity index (χ0) is 15.1. The van der Waals surface area contributed by atoms with Crippen molar-refractivity contribution in [3.8, 4) is 0 Å². The summed E-state index contributed by atoms with van der Waals surface area (Å²) in [6.45, 7) is -3.13. The Balaban J connectivity index is 3.38. The molecule has 1 aromatic heterocycles. The Morgan fingerprint density at radius 2 is 2.58 bits per heavy atom. The number of hydrogen-bond acceptors (Lipinski definition) is 3. The first-order valence-electron chi connectivity index (χ1n) is 6.52. The van der Waals surface area contributed by atoms with Crippen molar-refractivity contribution < 1.29 is 9.60 Å². The first-order chi connectivity index (χ1) is 8.43. The van der Waals surface area contributed by atoms with Crippen molar-refractivity contribution in [2.75, 3.05) is 6.26 Å². The normalized spacial score (nSPS) is 22.3. The van der Waals surface area contributed by atoms with Gasteiger partial charge >= 0.3 is 0 Å². The lowest BCUT2D eigenvalue weighted by Gasteiger charge is -2.00. The molecule has 0 saturated heterocycles. The average Bonchev–Trinajstić information content (AvgIpc) is 2.26. The zero-order valence-electron chi connectivity index (χ0n) is 13.3. The molecule has 4 heteroatoms. The van der Waals surface area contributed by atoms with Crippen LogP contribution in [0.4, 0.5) is 0 Å². The van der Waals surface area contributed by atoms with Crippen LogP contribution in [0.3, 0.4) is 0 Å². The summed E-state index contributed by atoms with van der Waals surface area (Å²) < 4.78 is 52.0. The standard InChI is InChI=1S/C8H11ClN2S/c1-3-4-6-5-7(9)11-8(10-6)12-2/h5H,3-4H2,1-2H3/i1D3,3D2,4D2. The van der Waals surface area contributed by atoms with Crippen molar-refractivity contribution in [3.05, 3.63) is 16.9 Å². The molecule has 0 atom stereocenters. The van der Waals surface area contributed by atoms with Crippen LogP contribution in [0, 0.1) is 0 Å². The van der Waals surface area contributed by atoms with Crippen molar-refractivity contribution in [2.45, 2.75) is 24.8 Å². The van der Waals surface area contributed by atoms with E-state index in [9.17, 15) is 0 Å². The van der Waals surface area contributed by atoms with Gasteiger partial charge in [0, 0.05) is 15.3 Å². The van der Waals surface area contributed by atoms with E-state index < -0.39 is 25.3 Å². The molecule has 0 unspecified atom stereocenters. The smallest absolute Gasteiger partial charge is 0.188 e. The topological polar surface area (TPSA) is 25.8 Å². The second kappa shape index (κ2) is 4.67. The molecule has 1 rings (SSSR count). The highest BCUT2D eigenvalue weighted by Gasteiger charge is 2.00. The Hall–Kier alpha value is -0.280. The van der Waals surface area contributed by atoms with Gasteiger partial charge in [-0.05, 0) is 18.7 Å². The van der Waals surface area contributed by atoms with Gasteiger partial charge in [0.15, 0.2) is 5.16 Å². The summed E-state index contributed by atoms with van der Waals surface area (Å²) in [6, 6.07) is 1.03. The van der Waals surface area contributed by atoms with E-state index in [0.717, 1.165) is 17.8 Å². The van der Waals surface area contributed by atoms with E-state index in [2.05, 4.69) is 9.97 Å². The molecule has 0 aliphatic heterocycles.